The number of non-ortho nitro benzene ring substituents is 1. The predicted octanol–water partition coefficient (Wildman–Crippen LogP) is 4.97. The number of hydrogen-bond donors (Lipinski definition) is 1. The molecule has 0 saturated heterocycles. The molecule has 4 aromatic rings. The first-order valence-corrected chi connectivity index (χ1v) is 13.8. The number of fused-ring (bicyclic) bond motifs is 2. The Kier molecular flexibility index (Phi) is 7.86. The van der Waals surface area contributed by atoms with Crippen molar-refractivity contribution in [1.82, 2.24) is 14.5 Å². The van der Waals surface area contributed by atoms with Crippen LogP contribution in [0.15, 0.2) is 54.7 Å². The van der Waals surface area contributed by atoms with E-state index in [1.165, 1.54) is 39.1 Å². The number of alkyl halides is 3. The summed E-state index contributed by atoms with van der Waals surface area (Å²) >= 11 is 1.25. The average molecular weight is 589 g/mol. The maximum atomic E-state index is 14.8. The molecular formula is C28H27F3N4O5S. The number of rotatable bonds is 9. The van der Waals surface area contributed by atoms with E-state index < -0.39 is 29.2 Å². The Hall–Kier alpha value is -3.81. The average Bonchev–Trinajstić information content (AvgIpc) is 3.49. The van der Waals surface area contributed by atoms with Gasteiger partial charge in [-0.2, -0.15) is 13.2 Å². The number of nitro groups is 1. The second kappa shape index (κ2) is 11.2. The first-order valence-electron chi connectivity index (χ1n) is 12.9. The van der Waals surface area contributed by atoms with Gasteiger partial charge in [0.15, 0.2) is 0 Å². The van der Waals surface area contributed by atoms with Crippen LogP contribution in [0.4, 0.5) is 18.9 Å². The molecule has 0 bridgehead atoms. The largest absolute Gasteiger partial charge is 0.466 e. The van der Waals surface area contributed by atoms with Crippen molar-refractivity contribution in [1.29, 1.82) is 0 Å². The number of nitrogens with zero attached hydrogens (tertiary/aromatic N) is 4. The SMILES string of the molecule is CCOC(=O)Cc1nc2c(s1)CN(CC(O)(c1cn(Cc3ccccc3)c3cc([N+](=O)[O-])ccc13)C(F)(F)F)CC2. The van der Waals surface area contributed by atoms with Gasteiger partial charge in [-0.1, -0.05) is 30.3 Å². The van der Waals surface area contributed by atoms with Crippen LogP contribution in [-0.4, -0.2) is 56.3 Å². The van der Waals surface area contributed by atoms with Gasteiger partial charge in [0, 0.05) is 66.8 Å². The van der Waals surface area contributed by atoms with Gasteiger partial charge in [0.2, 0.25) is 5.60 Å². The Morgan fingerprint density at radius 1 is 1.22 bits per heavy atom. The number of esters is 1. The Labute approximate surface area is 236 Å². The molecule has 13 heteroatoms. The number of β-amino-alcohol motifs (C(OH)–C–C–N with tert-alkyl or cyclic N) is 1. The summed E-state index contributed by atoms with van der Waals surface area (Å²) in [5.41, 5.74) is -2.17. The molecule has 0 aliphatic carbocycles. The monoisotopic (exact) mass is 588 g/mol. The molecule has 9 nitrogen and oxygen atoms in total. The second-order valence-corrected chi connectivity index (χ2v) is 11.1. The minimum absolute atomic E-state index is 0.00888. The van der Waals surface area contributed by atoms with Crippen molar-refractivity contribution in [2.24, 2.45) is 0 Å². The first kappa shape index (κ1) is 28.7. The molecule has 5 rings (SSSR count). The smallest absolute Gasteiger partial charge is 0.422 e. The van der Waals surface area contributed by atoms with Gasteiger partial charge < -0.3 is 14.4 Å². The number of nitro benzene ring substituents is 1. The summed E-state index contributed by atoms with van der Waals surface area (Å²) in [5, 5.41) is 23.6. The van der Waals surface area contributed by atoms with Crippen LogP contribution in [-0.2, 0) is 41.1 Å². The Bertz CT molecular complexity index is 1590. The van der Waals surface area contributed by atoms with Gasteiger partial charge in [0.25, 0.3) is 5.69 Å². The summed E-state index contributed by atoms with van der Waals surface area (Å²) in [5.74, 6) is -0.422. The molecule has 1 aliphatic rings. The molecule has 0 saturated carbocycles. The minimum Gasteiger partial charge on any atom is -0.466 e. The lowest BCUT2D eigenvalue weighted by Crippen LogP contribution is -2.51. The molecule has 2 aromatic carbocycles. The number of hydrogen-bond acceptors (Lipinski definition) is 8. The van der Waals surface area contributed by atoms with Crippen LogP contribution in [0.2, 0.25) is 0 Å². The van der Waals surface area contributed by atoms with Gasteiger partial charge in [-0.15, -0.1) is 11.3 Å². The van der Waals surface area contributed by atoms with Crippen LogP contribution < -0.4 is 0 Å². The number of thiazole rings is 1. The fourth-order valence-corrected chi connectivity index (χ4v) is 6.28. The number of aliphatic hydroxyl groups is 1. The van der Waals surface area contributed by atoms with Gasteiger partial charge >= 0.3 is 12.1 Å². The molecule has 2 aromatic heterocycles. The van der Waals surface area contributed by atoms with Gasteiger partial charge in [-0.05, 0) is 18.6 Å². The third kappa shape index (κ3) is 5.83. The van der Waals surface area contributed by atoms with Crippen molar-refractivity contribution in [2.45, 2.75) is 44.6 Å². The highest BCUT2D eigenvalue weighted by molar-refractivity contribution is 7.11. The van der Waals surface area contributed by atoms with Crippen LogP contribution >= 0.6 is 11.3 Å². The predicted molar refractivity (Wildman–Crippen MR) is 146 cm³/mol. The lowest BCUT2D eigenvalue weighted by atomic mass is 9.91. The molecule has 0 radical (unpaired) electrons. The van der Waals surface area contributed by atoms with E-state index >= 15 is 0 Å². The number of carbonyl (C=O) groups is 1. The number of ether oxygens (including phenoxy) is 1. The first-order chi connectivity index (χ1) is 19.5. The van der Waals surface area contributed by atoms with E-state index in [0.717, 1.165) is 22.2 Å². The molecular weight excluding hydrogens is 561 g/mol. The zero-order valence-corrected chi connectivity index (χ0v) is 22.9. The molecule has 0 amide bonds. The Morgan fingerprint density at radius 3 is 2.66 bits per heavy atom. The van der Waals surface area contributed by atoms with E-state index in [-0.39, 0.29) is 54.8 Å². The topological polar surface area (TPSA) is 111 Å². The van der Waals surface area contributed by atoms with Crippen molar-refractivity contribution in [2.75, 3.05) is 19.7 Å². The van der Waals surface area contributed by atoms with Crippen LogP contribution in [0.5, 0.6) is 0 Å². The molecule has 0 fully saturated rings. The van der Waals surface area contributed by atoms with Crippen molar-refractivity contribution < 1.29 is 32.7 Å². The van der Waals surface area contributed by atoms with Crippen LogP contribution in [0.3, 0.4) is 0 Å². The molecule has 41 heavy (non-hydrogen) atoms. The third-order valence-electron chi connectivity index (χ3n) is 7.09. The van der Waals surface area contributed by atoms with E-state index in [1.54, 1.807) is 31.2 Å². The van der Waals surface area contributed by atoms with E-state index in [1.807, 2.05) is 6.07 Å². The highest BCUT2D eigenvalue weighted by Crippen LogP contribution is 2.44. The third-order valence-corrected chi connectivity index (χ3v) is 8.18. The summed E-state index contributed by atoms with van der Waals surface area (Å²) in [4.78, 5) is 29.4. The number of aromatic nitrogens is 2. The summed E-state index contributed by atoms with van der Waals surface area (Å²) in [6.45, 7) is 1.70. The van der Waals surface area contributed by atoms with Gasteiger partial charge in [-0.3, -0.25) is 19.8 Å². The maximum Gasteiger partial charge on any atom is 0.422 e. The fraction of sp³-hybridized carbons (Fsp3) is 0.357. The molecule has 3 heterocycles. The van der Waals surface area contributed by atoms with E-state index in [2.05, 4.69) is 4.98 Å². The molecule has 1 aliphatic heterocycles. The zero-order chi connectivity index (χ0) is 29.4. The lowest BCUT2D eigenvalue weighted by molar-refractivity contribution is -0.384. The molecule has 216 valence electrons. The van der Waals surface area contributed by atoms with Crippen LogP contribution in [0, 0.1) is 10.1 Å². The highest BCUT2D eigenvalue weighted by atomic mass is 32.1. The Balaban J connectivity index is 1.50. The molecule has 0 spiro atoms. The number of halogens is 3. The maximum absolute atomic E-state index is 14.8. The van der Waals surface area contributed by atoms with Gasteiger partial charge in [0.05, 0.1) is 29.2 Å². The highest BCUT2D eigenvalue weighted by Gasteiger charge is 2.57. The fourth-order valence-electron chi connectivity index (χ4n) is 5.13. The Morgan fingerprint density at radius 2 is 1.98 bits per heavy atom. The van der Waals surface area contributed by atoms with E-state index in [0.29, 0.717) is 11.4 Å². The summed E-state index contributed by atoms with van der Waals surface area (Å²) in [6, 6.07) is 12.6. The summed E-state index contributed by atoms with van der Waals surface area (Å²) in [6.07, 6.45) is -3.45. The molecule has 1 unspecified atom stereocenters. The van der Waals surface area contributed by atoms with E-state index in [4.69, 9.17) is 4.74 Å². The molecule has 1 N–H and O–H groups in total. The summed E-state index contributed by atoms with van der Waals surface area (Å²) < 4.78 is 50.8. The zero-order valence-electron chi connectivity index (χ0n) is 22.1. The van der Waals surface area contributed by atoms with Crippen molar-refractivity contribution >= 4 is 33.9 Å². The standard InChI is InChI=1S/C28H27F3N4O5S/c1-2-40-26(36)13-25-32-22-10-11-33(16-24(22)41-25)17-27(37,28(29,30)31)21-15-34(14-18-6-4-3-5-7-18)23-12-19(35(38)39)8-9-20(21)23/h3-9,12,15,37H,2,10-11,13-14,16-17H2,1H3. The second-order valence-electron chi connectivity index (χ2n) is 9.89. The molecule has 1 atom stereocenters. The van der Waals surface area contributed by atoms with Crippen molar-refractivity contribution in [3.8, 4) is 0 Å². The van der Waals surface area contributed by atoms with E-state index in [9.17, 15) is 33.2 Å². The quantitative estimate of drug-likeness (QED) is 0.167. The van der Waals surface area contributed by atoms with Crippen molar-refractivity contribution in [3.05, 3.63) is 91.5 Å². The summed E-state index contributed by atoms with van der Waals surface area (Å²) in [7, 11) is 0. The van der Waals surface area contributed by atoms with Gasteiger partial charge in [-0.25, -0.2) is 4.98 Å². The minimum atomic E-state index is -5.05. The van der Waals surface area contributed by atoms with Crippen LogP contribution in [0.25, 0.3) is 10.9 Å². The number of benzene rings is 2. The normalized spacial score (nSPS) is 15.4. The number of carbonyl (C=O) groups excluding carboxylic acids is 1. The lowest BCUT2D eigenvalue weighted by Gasteiger charge is -2.37. The van der Waals surface area contributed by atoms with Gasteiger partial charge in [0.1, 0.15) is 5.01 Å². The van der Waals surface area contributed by atoms with Crippen LogP contribution in [0.1, 0.15) is 33.6 Å². The van der Waals surface area contributed by atoms with Crippen molar-refractivity contribution in [3.63, 3.8) is 0 Å².